The highest BCUT2D eigenvalue weighted by Gasteiger charge is 2.52. The van der Waals surface area contributed by atoms with E-state index in [9.17, 15) is 16.8 Å². The van der Waals surface area contributed by atoms with Gasteiger partial charge in [-0.2, -0.15) is 16.8 Å². The van der Waals surface area contributed by atoms with Gasteiger partial charge in [0.15, 0.2) is 6.79 Å². The maximum absolute atomic E-state index is 11.0. The van der Waals surface area contributed by atoms with Crippen LogP contribution >= 0.6 is 0 Å². The second-order valence-electron chi connectivity index (χ2n) is 2.66. The average molecular weight is 216 g/mol. The molecule has 0 aliphatic carbocycles. The van der Waals surface area contributed by atoms with Gasteiger partial charge >= 0.3 is 0 Å². The van der Waals surface area contributed by atoms with Crippen LogP contribution in [-0.2, 0) is 28.6 Å². The summed E-state index contributed by atoms with van der Waals surface area (Å²) in [6, 6.07) is 0. The lowest BCUT2D eigenvalue weighted by molar-refractivity contribution is 0.113. The van der Waals surface area contributed by atoms with E-state index >= 15 is 0 Å². The minimum Gasteiger partial charge on any atom is -0.239 e. The molecule has 1 saturated heterocycles. The minimum atomic E-state index is -4.08. The number of rotatable bonds is 0. The Bertz CT molecular complexity index is 338. The smallest absolute Gasteiger partial charge is 0.239 e. The summed E-state index contributed by atoms with van der Waals surface area (Å²) in [6.45, 7) is 1.25. The van der Waals surface area contributed by atoms with E-state index in [1.165, 1.54) is 0 Å². The molecule has 1 aliphatic rings. The maximum Gasteiger partial charge on any atom is 0.291 e. The molecule has 0 bridgehead atoms. The van der Waals surface area contributed by atoms with Crippen LogP contribution in [-0.4, -0.2) is 27.7 Å². The van der Waals surface area contributed by atoms with Gasteiger partial charge in [-0.3, -0.25) is 0 Å². The molecule has 0 aromatic carbocycles. The zero-order chi connectivity index (χ0) is 9.62. The van der Waals surface area contributed by atoms with E-state index in [4.69, 9.17) is 0 Å². The first-order valence-electron chi connectivity index (χ1n) is 2.99. The molecule has 6 nitrogen and oxygen atoms in total. The summed E-state index contributed by atoms with van der Waals surface area (Å²) in [4.78, 5) is 0. The van der Waals surface area contributed by atoms with E-state index in [0.29, 0.717) is 0 Å². The third-order valence-corrected chi connectivity index (χ3v) is 6.06. The van der Waals surface area contributed by atoms with Gasteiger partial charge in [-0.05, 0) is 13.8 Å². The van der Waals surface area contributed by atoms with Crippen LogP contribution in [0.15, 0.2) is 0 Å². The lowest BCUT2D eigenvalue weighted by Crippen LogP contribution is -2.47. The third-order valence-electron chi connectivity index (χ3n) is 1.61. The summed E-state index contributed by atoms with van der Waals surface area (Å²) >= 11 is 0. The third kappa shape index (κ3) is 1.15. The molecule has 1 rings (SSSR count). The summed E-state index contributed by atoms with van der Waals surface area (Å²) in [6.07, 6.45) is 0. The van der Waals surface area contributed by atoms with Gasteiger partial charge in [0.25, 0.3) is 20.2 Å². The van der Waals surface area contributed by atoms with Gasteiger partial charge in [-0.15, -0.1) is 0 Å². The van der Waals surface area contributed by atoms with Crippen LogP contribution in [0.1, 0.15) is 13.8 Å². The van der Waals surface area contributed by atoms with Crippen LogP contribution in [0, 0.1) is 0 Å². The molecule has 1 aliphatic heterocycles. The van der Waals surface area contributed by atoms with Gasteiger partial charge in [-0.1, -0.05) is 0 Å². The van der Waals surface area contributed by atoms with E-state index in [-0.39, 0.29) is 0 Å². The van der Waals surface area contributed by atoms with Gasteiger partial charge in [0.2, 0.25) is 4.08 Å². The summed E-state index contributed by atoms with van der Waals surface area (Å²) in [5, 5.41) is 0. The van der Waals surface area contributed by atoms with Gasteiger partial charge in [0, 0.05) is 0 Å². The van der Waals surface area contributed by atoms with Crippen LogP contribution < -0.4 is 0 Å². The highest BCUT2D eigenvalue weighted by atomic mass is 32.3. The van der Waals surface area contributed by atoms with E-state index < -0.39 is 31.1 Å². The van der Waals surface area contributed by atoms with Crippen molar-refractivity contribution in [2.24, 2.45) is 0 Å². The van der Waals surface area contributed by atoms with E-state index in [0.717, 1.165) is 13.8 Å². The second kappa shape index (κ2) is 2.41. The van der Waals surface area contributed by atoms with Gasteiger partial charge in [-0.25, -0.2) is 8.37 Å². The molecule has 72 valence electrons. The fourth-order valence-electron chi connectivity index (χ4n) is 0.555. The molecule has 0 unspecified atom stereocenters. The first kappa shape index (κ1) is 9.90. The highest BCUT2D eigenvalue weighted by molar-refractivity contribution is 8.06. The molecule has 0 atom stereocenters. The molecular weight excluding hydrogens is 208 g/mol. The molecule has 0 amide bonds. The Morgan fingerprint density at radius 2 is 1.33 bits per heavy atom. The molecule has 1 heterocycles. The fourth-order valence-corrected chi connectivity index (χ4v) is 2.82. The first-order valence-corrected chi connectivity index (χ1v) is 5.80. The Hall–Kier alpha value is -0.180. The van der Waals surface area contributed by atoms with Crippen molar-refractivity contribution in [3.8, 4) is 0 Å². The Labute approximate surface area is 70.7 Å². The number of hydrogen-bond donors (Lipinski definition) is 0. The molecule has 0 spiro atoms. The predicted octanol–water partition coefficient (Wildman–Crippen LogP) is -0.614. The van der Waals surface area contributed by atoms with Crippen LogP contribution in [0.4, 0.5) is 0 Å². The van der Waals surface area contributed by atoms with Gasteiger partial charge in [0.1, 0.15) is 0 Å². The predicted molar refractivity (Wildman–Crippen MR) is 39.0 cm³/mol. The Balaban J connectivity index is 3.36. The van der Waals surface area contributed by atoms with Crippen LogP contribution in [0.25, 0.3) is 0 Å². The highest BCUT2D eigenvalue weighted by Crippen LogP contribution is 2.30. The lowest BCUT2D eigenvalue weighted by Gasteiger charge is -2.27. The maximum atomic E-state index is 11.0. The van der Waals surface area contributed by atoms with Crippen molar-refractivity contribution in [1.82, 2.24) is 0 Å². The Kier molecular flexibility index (Phi) is 1.99. The lowest BCUT2D eigenvalue weighted by atomic mass is 10.5. The zero-order valence-electron chi connectivity index (χ0n) is 6.47. The summed E-state index contributed by atoms with van der Waals surface area (Å²) in [7, 11) is -8.16. The van der Waals surface area contributed by atoms with Crippen molar-refractivity contribution >= 4 is 20.2 Å². The molecular formula is C4H8O6S2. The standard InChI is InChI=1S/C4H8O6S2/c1-4(2)11(5,6)9-3-10-12(4,7)8/h3H2,1-2H3. The molecule has 0 aromatic heterocycles. The minimum absolute atomic E-state index is 0.770. The molecule has 8 heteroatoms. The van der Waals surface area contributed by atoms with Crippen molar-refractivity contribution in [2.75, 3.05) is 6.79 Å². The Morgan fingerprint density at radius 3 is 1.58 bits per heavy atom. The van der Waals surface area contributed by atoms with E-state index in [1.807, 2.05) is 0 Å². The van der Waals surface area contributed by atoms with Crippen molar-refractivity contribution in [3.63, 3.8) is 0 Å². The van der Waals surface area contributed by atoms with Gasteiger partial charge < -0.3 is 0 Å². The molecule has 0 N–H and O–H groups in total. The molecule has 12 heavy (non-hydrogen) atoms. The van der Waals surface area contributed by atoms with E-state index in [1.54, 1.807) is 0 Å². The SMILES string of the molecule is CC1(C)S(=O)(=O)OCOS1(=O)=O. The van der Waals surface area contributed by atoms with Crippen molar-refractivity contribution in [3.05, 3.63) is 0 Å². The number of hydrogen-bond acceptors (Lipinski definition) is 6. The van der Waals surface area contributed by atoms with Crippen molar-refractivity contribution in [2.45, 2.75) is 17.9 Å². The van der Waals surface area contributed by atoms with Crippen LogP contribution in [0.3, 0.4) is 0 Å². The zero-order valence-corrected chi connectivity index (χ0v) is 8.11. The summed E-state index contributed by atoms with van der Waals surface area (Å²) < 4.78 is 50.5. The van der Waals surface area contributed by atoms with Crippen molar-refractivity contribution in [1.29, 1.82) is 0 Å². The molecule has 1 fully saturated rings. The summed E-state index contributed by atoms with van der Waals surface area (Å²) in [5.41, 5.74) is 0. The molecule has 0 radical (unpaired) electrons. The van der Waals surface area contributed by atoms with Crippen LogP contribution in [0.2, 0.25) is 0 Å². The fraction of sp³-hybridized carbons (Fsp3) is 1.00. The summed E-state index contributed by atoms with van der Waals surface area (Å²) in [5.74, 6) is 0. The van der Waals surface area contributed by atoms with E-state index in [2.05, 4.69) is 8.37 Å². The first-order chi connectivity index (χ1) is 5.21. The molecule has 0 aromatic rings. The monoisotopic (exact) mass is 216 g/mol. The quantitative estimate of drug-likeness (QED) is 0.502. The average Bonchev–Trinajstić information content (AvgIpc) is 1.83. The molecule has 0 saturated carbocycles. The topological polar surface area (TPSA) is 86.7 Å². The normalized spacial score (nSPS) is 31.2. The second-order valence-corrected chi connectivity index (χ2v) is 7.25. The largest absolute Gasteiger partial charge is 0.291 e. The van der Waals surface area contributed by atoms with Crippen LogP contribution in [0.5, 0.6) is 0 Å². The van der Waals surface area contributed by atoms with Crippen molar-refractivity contribution < 1.29 is 25.2 Å². The Morgan fingerprint density at radius 1 is 1.00 bits per heavy atom. The van der Waals surface area contributed by atoms with Gasteiger partial charge in [0.05, 0.1) is 0 Å².